The Bertz CT molecular complexity index is 439. The first kappa shape index (κ1) is 13.3. The van der Waals surface area contributed by atoms with Crippen LogP contribution in [0.1, 0.15) is 49.7 Å². The van der Waals surface area contributed by atoms with Gasteiger partial charge < -0.3 is 5.73 Å². The van der Waals surface area contributed by atoms with E-state index >= 15 is 0 Å². The highest BCUT2D eigenvalue weighted by Crippen LogP contribution is 2.38. The second-order valence-corrected chi connectivity index (χ2v) is 4.88. The summed E-state index contributed by atoms with van der Waals surface area (Å²) < 4.78 is 52.4. The van der Waals surface area contributed by atoms with Crippen LogP contribution in [0.4, 0.5) is 17.6 Å². The molecule has 18 heavy (non-hydrogen) atoms. The molecule has 1 aliphatic rings. The van der Waals surface area contributed by atoms with Crippen molar-refractivity contribution in [2.45, 2.75) is 44.1 Å². The molecule has 100 valence electrons. The van der Waals surface area contributed by atoms with E-state index in [4.69, 9.17) is 5.73 Å². The van der Waals surface area contributed by atoms with E-state index in [0.717, 1.165) is 25.3 Å². The van der Waals surface area contributed by atoms with Crippen LogP contribution >= 0.6 is 0 Å². The summed E-state index contributed by atoms with van der Waals surface area (Å²) in [5, 5.41) is 0. The molecule has 0 saturated heterocycles. The predicted molar refractivity (Wildman–Crippen MR) is 60.3 cm³/mol. The summed E-state index contributed by atoms with van der Waals surface area (Å²) in [7, 11) is 0. The number of nitrogens with two attached hydrogens (primary N) is 1. The summed E-state index contributed by atoms with van der Waals surface area (Å²) in [5.74, 6) is -2.35. The minimum Gasteiger partial charge on any atom is -0.321 e. The second kappa shape index (κ2) is 4.88. The van der Waals surface area contributed by atoms with Crippen LogP contribution in [-0.4, -0.2) is 0 Å². The van der Waals surface area contributed by atoms with Gasteiger partial charge in [-0.05, 0) is 25.0 Å². The van der Waals surface area contributed by atoms with Gasteiger partial charge in [0, 0.05) is 16.7 Å². The van der Waals surface area contributed by atoms with Crippen molar-refractivity contribution in [1.82, 2.24) is 0 Å². The molecule has 0 aromatic heterocycles. The molecule has 2 rings (SSSR count). The summed E-state index contributed by atoms with van der Waals surface area (Å²) in [6.07, 6.45) is 0.752. The maximum absolute atomic E-state index is 13.8. The first-order valence-electron chi connectivity index (χ1n) is 6.00. The Morgan fingerprint density at radius 2 is 1.67 bits per heavy atom. The number of hydrogen-bond donors (Lipinski definition) is 1. The molecule has 0 aliphatic heterocycles. The Morgan fingerprint density at radius 3 is 2.22 bits per heavy atom. The summed E-state index contributed by atoms with van der Waals surface area (Å²) in [6, 6.07) is 1.55. The maximum Gasteiger partial charge on any atom is 0.263 e. The molecule has 0 radical (unpaired) electrons. The molecule has 1 fully saturated rings. The molecule has 1 aromatic rings. The first-order chi connectivity index (χ1) is 8.44. The molecule has 0 heterocycles. The smallest absolute Gasteiger partial charge is 0.263 e. The molecular formula is C13H15F4N. The van der Waals surface area contributed by atoms with Gasteiger partial charge >= 0.3 is 0 Å². The van der Waals surface area contributed by atoms with Gasteiger partial charge in [0.05, 0.1) is 0 Å². The SMILES string of the molecule is NC1(c2cc(C(F)F)cc(F)c2F)CCCCC1. The maximum atomic E-state index is 13.8. The van der Waals surface area contributed by atoms with Crippen LogP contribution in [0.3, 0.4) is 0 Å². The third kappa shape index (κ3) is 2.36. The summed E-state index contributed by atoms with van der Waals surface area (Å²) in [6.45, 7) is 0. The Kier molecular flexibility index (Phi) is 3.61. The van der Waals surface area contributed by atoms with Crippen molar-refractivity contribution in [2.75, 3.05) is 0 Å². The molecule has 0 spiro atoms. The van der Waals surface area contributed by atoms with Crippen molar-refractivity contribution in [3.8, 4) is 0 Å². The minimum atomic E-state index is -2.83. The van der Waals surface area contributed by atoms with Crippen LogP contribution in [-0.2, 0) is 5.54 Å². The normalized spacial score (nSPS) is 19.2. The van der Waals surface area contributed by atoms with E-state index in [-0.39, 0.29) is 5.56 Å². The average molecular weight is 261 g/mol. The number of halogens is 4. The number of hydrogen-bond acceptors (Lipinski definition) is 1. The zero-order chi connectivity index (χ0) is 13.3. The lowest BCUT2D eigenvalue weighted by Crippen LogP contribution is -2.39. The van der Waals surface area contributed by atoms with Crippen molar-refractivity contribution in [3.05, 3.63) is 34.9 Å². The van der Waals surface area contributed by atoms with E-state index < -0.39 is 29.2 Å². The topological polar surface area (TPSA) is 26.0 Å². The molecule has 0 amide bonds. The highest BCUT2D eigenvalue weighted by molar-refractivity contribution is 5.33. The van der Waals surface area contributed by atoms with Crippen molar-refractivity contribution in [1.29, 1.82) is 0 Å². The Labute approximate surface area is 103 Å². The van der Waals surface area contributed by atoms with Gasteiger partial charge in [-0.3, -0.25) is 0 Å². The van der Waals surface area contributed by atoms with Gasteiger partial charge in [0.25, 0.3) is 6.43 Å². The van der Waals surface area contributed by atoms with E-state index in [1.54, 1.807) is 0 Å². The Morgan fingerprint density at radius 1 is 1.06 bits per heavy atom. The highest BCUT2D eigenvalue weighted by atomic mass is 19.3. The molecule has 1 aromatic carbocycles. The average Bonchev–Trinajstić information content (AvgIpc) is 2.33. The van der Waals surface area contributed by atoms with E-state index in [2.05, 4.69) is 0 Å². The van der Waals surface area contributed by atoms with Crippen LogP contribution in [0.2, 0.25) is 0 Å². The van der Waals surface area contributed by atoms with E-state index in [1.807, 2.05) is 0 Å². The number of benzene rings is 1. The lowest BCUT2D eigenvalue weighted by atomic mass is 9.77. The highest BCUT2D eigenvalue weighted by Gasteiger charge is 2.34. The lowest BCUT2D eigenvalue weighted by molar-refractivity contribution is 0.150. The van der Waals surface area contributed by atoms with Gasteiger partial charge in [-0.25, -0.2) is 17.6 Å². The third-order valence-electron chi connectivity index (χ3n) is 3.58. The standard InChI is InChI=1S/C13H15F4N/c14-10-7-8(12(16)17)6-9(11(10)15)13(18)4-2-1-3-5-13/h6-7,12H,1-5,18H2. The largest absolute Gasteiger partial charge is 0.321 e. The Balaban J connectivity index is 2.48. The predicted octanol–water partition coefficient (Wildman–Crippen LogP) is 4.02. The molecule has 0 bridgehead atoms. The van der Waals surface area contributed by atoms with Crippen LogP contribution in [0, 0.1) is 11.6 Å². The molecule has 0 unspecified atom stereocenters. The zero-order valence-electron chi connectivity index (χ0n) is 9.86. The van der Waals surface area contributed by atoms with Crippen LogP contribution in [0.5, 0.6) is 0 Å². The molecule has 2 N–H and O–H groups in total. The second-order valence-electron chi connectivity index (χ2n) is 4.88. The van der Waals surface area contributed by atoms with Gasteiger partial charge in [-0.15, -0.1) is 0 Å². The summed E-state index contributed by atoms with van der Waals surface area (Å²) >= 11 is 0. The van der Waals surface area contributed by atoms with Crippen LogP contribution in [0.15, 0.2) is 12.1 Å². The fraction of sp³-hybridized carbons (Fsp3) is 0.538. The lowest BCUT2D eigenvalue weighted by Gasteiger charge is -2.34. The van der Waals surface area contributed by atoms with E-state index in [0.29, 0.717) is 18.9 Å². The van der Waals surface area contributed by atoms with Gasteiger partial charge in [-0.1, -0.05) is 19.3 Å². The van der Waals surface area contributed by atoms with Crippen molar-refractivity contribution in [3.63, 3.8) is 0 Å². The van der Waals surface area contributed by atoms with Crippen molar-refractivity contribution >= 4 is 0 Å². The molecule has 1 nitrogen and oxygen atoms in total. The van der Waals surface area contributed by atoms with Gasteiger partial charge in [0.2, 0.25) is 0 Å². The molecular weight excluding hydrogens is 246 g/mol. The van der Waals surface area contributed by atoms with E-state index in [1.165, 1.54) is 0 Å². The van der Waals surface area contributed by atoms with Crippen molar-refractivity contribution in [2.24, 2.45) is 5.73 Å². The van der Waals surface area contributed by atoms with Crippen LogP contribution in [0.25, 0.3) is 0 Å². The van der Waals surface area contributed by atoms with Crippen molar-refractivity contribution < 1.29 is 17.6 Å². The molecule has 1 aliphatic carbocycles. The van der Waals surface area contributed by atoms with E-state index in [9.17, 15) is 17.6 Å². The molecule has 1 saturated carbocycles. The number of rotatable bonds is 2. The number of alkyl halides is 2. The van der Waals surface area contributed by atoms with Crippen LogP contribution < -0.4 is 5.73 Å². The summed E-state index contributed by atoms with van der Waals surface area (Å²) in [5.41, 5.74) is 4.42. The quantitative estimate of drug-likeness (QED) is 0.799. The Hall–Kier alpha value is -1.10. The molecule has 5 heteroatoms. The van der Waals surface area contributed by atoms with Gasteiger partial charge in [-0.2, -0.15) is 0 Å². The monoisotopic (exact) mass is 261 g/mol. The summed E-state index contributed by atoms with van der Waals surface area (Å²) in [4.78, 5) is 0. The minimum absolute atomic E-state index is 0.113. The van der Waals surface area contributed by atoms with Gasteiger partial charge in [0.15, 0.2) is 11.6 Å². The molecule has 0 atom stereocenters. The zero-order valence-corrected chi connectivity index (χ0v) is 9.86. The first-order valence-corrected chi connectivity index (χ1v) is 6.00. The third-order valence-corrected chi connectivity index (χ3v) is 3.58. The fourth-order valence-corrected chi connectivity index (χ4v) is 2.55. The van der Waals surface area contributed by atoms with Gasteiger partial charge in [0.1, 0.15) is 0 Å². The fourth-order valence-electron chi connectivity index (χ4n) is 2.55.